The maximum absolute atomic E-state index is 11.4. The molecule has 0 fully saturated rings. The SMILES string of the molecule is CC(C)(C)C(=O)OC/C=C\COC(=O)C(C)(C)C. The van der Waals surface area contributed by atoms with Crippen molar-refractivity contribution in [2.24, 2.45) is 10.8 Å². The van der Waals surface area contributed by atoms with Gasteiger partial charge in [0.1, 0.15) is 13.2 Å². The van der Waals surface area contributed by atoms with Crippen LogP contribution in [0, 0.1) is 10.8 Å². The number of carbonyl (C=O) groups excluding carboxylic acids is 2. The summed E-state index contributed by atoms with van der Waals surface area (Å²) >= 11 is 0. The number of hydrogen-bond acceptors (Lipinski definition) is 4. The molecule has 0 heterocycles. The van der Waals surface area contributed by atoms with Crippen molar-refractivity contribution in [3.05, 3.63) is 12.2 Å². The van der Waals surface area contributed by atoms with Crippen molar-refractivity contribution in [3.63, 3.8) is 0 Å². The van der Waals surface area contributed by atoms with Gasteiger partial charge in [0.05, 0.1) is 10.8 Å². The van der Waals surface area contributed by atoms with Gasteiger partial charge in [0, 0.05) is 0 Å². The summed E-state index contributed by atoms with van der Waals surface area (Å²) in [5.74, 6) is -0.502. The van der Waals surface area contributed by atoms with Gasteiger partial charge in [-0.05, 0) is 53.7 Å². The highest BCUT2D eigenvalue weighted by Gasteiger charge is 2.23. The third-order valence-electron chi connectivity index (χ3n) is 2.01. The highest BCUT2D eigenvalue weighted by molar-refractivity contribution is 5.75. The predicted octanol–water partition coefficient (Wildman–Crippen LogP) is 2.72. The smallest absolute Gasteiger partial charge is 0.311 e. The number of carbonyl (C=O) groups is 2. The summed E-state index contributed by atoms with van der Waals surface area (Å²) in [6, 6.07) is 0. The lowest BCUT2D eigenvalue weighted by Crippen LogP contribution is -2.23. The van der Waals surface area contributed by atoms with Crippen LogP contribution in [0.5, 0.6) is 0 Å². The average molecular weight is 256 g/mol. The fourth-order valence-electron chi connectivity index (χ4n) is 0.817. The van der Waals surface area contributed by atoms with Gasteiger partial charge in [0.15, 0.2) is 0 Å². The zero-order valence-corrected chi connectivity index (χ0v) is 12.2. The molecule has 0 radical (unpaired) electrons. The molecule has 0 aromatic rings. The van der Waals surface area contributed by atoms with Crippen LogP contribution in [0.3, 0.4) is 0 Å². The number of ether oxygens (including phenoxy) is 2. The van der Waals surface area contributed by atoms with Gasteiger partial charge in [-0.25, -0.2) is 0 Å². The van der Waals surface area contributed by atoms with Gasteiger partial charge in [-0.1, -0.05) is 0 Å². The van der Waals surface area contributed by atoms with Crippen LogP contribution in [0.4, 0.5) is 0 Å². The zero-order chi connectivity index (χ0) is 14.4. The molecule has 0 saturated heterocycles. The Morgan fingerprint density at radius 3 is 1.28 bits per heavy atom. The first kappa shape index (κ1) is 16.7. The Bertz CT molecular complexity index is 284. The van der Waals surface area contributed by atoms with E-state index in [1.54, 1.807) is 53.7 Å². The molecule has 18 heavy (non-hydrogen) atoms. The van der Waals surface area contributed by atoms with Crippen LogP contribution in [-0.4, -0.2) is 25.2 Å². The van der Waals surface area contributed by atoms with Crippen LogP contribution >= 0.6 is 0 Å². The first-order valence-electron chi connectivity index (χ1n) is 6.04. The molecule has 0 aliphatic heterocycles. The van der Waals surface area contributed by atoms with E-state index in [4.69, 9.17) is 9.47 Å². The molecular weight excluding hydrogens is 232 g/mol. The molecule has 0 aromatic carbocycles. The molecule has 0 unspecified atom stereocenters. The molecule has 0 aromatic heterocycles. The Morgan fingerprint density at radius 1 is 0.778 bits per heavy atom. The molecule has 0 bridgehead atoms. The van der Waals surface area contributed by atoms with Gasteiger partial charge in [-0.2, -0.15) is 0 Å². The lowest BCUT2D eigenvalue weighted by atomic mass is 9.97. The lowest BCUT2D eigenvalue weighted by molar-refractivity contribution is -0.152. The van der Waals surface area contributed by atoms with Crippen molar-refractivity contribution in [3.8, 4) is 0 Å². The normalized spacial score (nSPS) is 12.6. The largest absolute Gasteiger partial charge is 0.461 e. The summed E-state index contributed by atoms with van der Waals surface area (Å²) in [4.78, 5) is 22.8. The van der Waals surface area contributed by atoms with Gasteiger partial charge in [-0.15, -0.1) is 0 Å². The summed E-state index contributed by atoms with van der Waals surface area (Å²) in [7, 11) is 0. The number of hydrogen-bond donors (Lipinski definition) is 0. The quantitative estimate of drug-likeness (QED) is 0.573. The van der Waals surface area contributed by atoms with Crippen molar-refractivity contribution < 1.29 is 19.1 Å². The second-order valence-electron chi connectivity index (χ2n) is 6.17. The maximum Gasteiger partial charge on any atom is 0.311 e. The van der Waals surface area contributed by atoms with E-state index in [-0.39, 0.29) is 25.2 Å². The molecule has 0 N–H and O–H groups in total. The third-order valence-corrected chi connectivity index (χ3v) is 2.01. The number of rotatable bonds is 4. The predicted molar refractivity (Wildman–Crippen MR) is 70.0 cm³/mol. The average Bonchev–Trinajstić information content (AvgIpc) is 2.19. The fourth-order valence-corrected chi connectivity index (χ4v) is 0.817. The van der Waals surface area contributed by atoms with Crippen LogP contribution in [0.2, 0.25) is 0 Å². The van der Waals surface area contributed by atoms with Crippen LogP contribution in [0.15, 0.2) is 12.2 Å². The van der Waals surface area contributed by atoms with Crippen LogP contribution in [-0.2, 0) is 19.1 Å². The molecule has 0 saturated carbocycles. The highest BCUT2D eigenvalue weighted by atomic mass is 16.5. The molecular formula is C14H24O4. The van der Waals surface area contributed by atoms with Crippen molar-refractivity contribution in [2.75, 3.05) is 13.2 Å². The Morgan fingerprint density at radius 2 is 1.06 bits per heavy atom. The second kappa shape index (κ2) is 6.57. The summed E-state index contributed by atoms with van der Waals surface area (Å²) in [5, 5.41) is 0. The van der Waals surface area contributed by atoms with Gasteiger partial charge >= 0.3 is 11.9 Å². The van der Waals surface area contributed by atoms with Crippen LogP contribution < -0.4 is 0 Å². The van der Waals surface area contributed by atoms with Crippen LogP contribution in [0.1, 0.15) is 41.5 Å². The topological polar surface area (TPSA) is 52.6 Å². The molecule has 104 valence electrons. The van der Waals surface area contributed by atoms with E-state index in [2.05, 4.69) is 0 Å². The molecule has 0 aliphatic carbocycles. The highest BCUT2D eigenvalue weighted by Crippen LogP contribution is 2.15. The summed E-state index contributed by atoms with van der Waals surface area (Å²) in [6.07, 6.45) is 3.33. The summed E-state index contributed by atoms with van der Waals surface area (Å²) in [6.45, 7) is 11.2. The van der Waals surface area contributed by atoms with Crippen molar-refractivity contribution in [1.82, 2.24) is 0 Å². The molecule has 0 aliphatic rings. The first-order chi connectivity index (χ1) is 8.05. The van der Waals surface area contributed by atoms with Crippen molar-refractivity contribution in [1.29, 1.82) is 0 Å². The number of esters is 2. The minimum absolute atomic E-state index is 0.198. The van der Waals surface area contributed by atoms with Crippen LogP contribution in [0.25, 0.3) is 0 Å². The van der Waals surface area contributed by atoms with Crippen molar-refractivity contribution in [2.45, 2.75) is 41.5 Å². The van der Waals surface area contributed by atoms with Gasteiger partial charge in [0.25, 0.3) is 0 Å². The van der Waals surface area contributed by atoms with Crippen molar-refractivity contribution >= 4 is 11.9 Å². The van der Waals surface area contributed by atoms with Gasteiger partial charge < -0.3 is 9.47 Å². The maximum atomic E-state index is 11.4. The fraction of sp³-hybridized carbons (Fsp3) is 0.714. The summed E-state index contributed by atoms with van der Waals surface area (Å²) < 4.78 is 10.0. The van der Waals surface area contributed by atoms with E-state index >= 15 is 0 Å². The van der Waals surface area contributed by atoms with E-state index in [1.807, 2.05) is 0 Å². The second-order valence-corrected chi connectivity index (χ2v) is 6.17. The Balaban J connectivity index is 3.81. The molecule has 4 heteroatoms. The molecule has 0 spiro atoms. The summed E-state index contributed by atoms with van der Waals surface area (Å²) in [5.41, 5.74) is -0.987. The molecule has 4 nitrogen and oxygen atoms in total. The molecule has 0 atom stereocenters. The third kappa shape index (κ3) is 7.09. The van der Waals surface area contributed by atoms with E-state index < -0.39 is 10.8 Å². The van der Waals surface area contributed by atoms with E-state index in [1.165, 1.54) is 0 Å². The van der Waals surface area contributed by atoms with E-state index in [0.717, 1.165) is 0 Å². The lowest BCUT2D eigenvalue weighted by Gasteiger charge is -2.16. The Labute approximate surface area is 109 Å². The monoisotopic (exact) mass is 256 g/mol. The zero-order valence-electron chi connectivity index (χ0n) is 12.2. The van der Waals surface area contributed by atoms with Gasteiger partial charge in [0.2, 0.25) is 0 Å². The Kier molecular flexibility index (Phi) is 6.09. The minimum Gasteiger partial charge on any atom is -0.461 e. The first-order valence-corrected chi connectivity index (χ1v) is 6.04. The molecule has 0 amide bonds. The Hall–Kier alpha value is -1.32. The minimum atomic E-state index is -0.494. The standard InChI is InChI=1S/C14H24O4/c1-13(2,3)11(15)17-9-7-8-10-18-12(16)14(4,5)6/h7-8H,9-10H2,1-6H3/b8-7-. The van der Waals surface area contributed by atoms with Gasteiger partial charge in [-0.3, -0.25) is 9.59 Å². The van der Waals surface area contributed by atoms with E-state index in [0.29, 0.717) is 0 Å². The van der Waals surface area contributed by atoms with E-state index in [9.17, 15) is 9.59 Å². The molecule has 0 rings (SSSR count).